The van der Waals surface area contributed by atoms with Gasteiger partial charge in [-0.3, -0.25) is 10.1 Å². The number of carboxylic acid groups (broad SMARTS) is 1. The van der Waals surface area contributed by atoms with E-state index in [1.807, 2.05) is 12.1 Å². The van der Waals surface area contributed by atoms with Gasteiger partial charge in [0.05, 0.1) is 15.2 Å². The van der Waals surface area contributed by atoms with Gasteiger partial charge in [-0.1, -0.05) is 0 Å². The lowest BCUT2D eigenvalue weighted by molar-refractivity contribution is -0.143. The van der Waals surface area contributed by atoms with Crippen LogP contribution in [0.25, 0.3) is 10.8 Å². The van der Waals surface area contributed by atoms with Crippen LogP contribution in [0, 0.1) is 0 Å². The lowest BCUT2D eigenvalue weighted by Crippen LogP contribution is -2.46. The molecule has 0 atom stereocenters. The molecule has 0 saturated carbocycles. The number of hydrogen-bond acceptors (Lipinski definition) is 6. The zero-order valence-electron chi connectivity index (χ0n) is 10.3. The van der Waals surface area contributed by atoms with Crippen molar-refractivity contribution in [3.63, 3.8) is 0 Å². The molecule has 19 heavy (non-hydrogen) atoms. The third-order valence-corrected chi connectivity index (χ3v) is 4.08. The second-order valence-corrected chi connectivity index (χ2v) is 6.85. The summed E-state index contributed by atoms with van der Waals surface area (Å²) in [5.74, 6) is -0.149. The van der Waals surface area contributed by atoms with Gasteiger partial charge in [0.2, 0.25) is 5.89 Å². The van der Waals surface area contributed by atoms with E-state index in [0.29, 0.717) is 11.8 Å². The first-order valence-corrected chi connectivity index (χ1v) is 7.06. The number of carboxylic acids is 1. The van der Waals surface area contributed by atoms with Crippen molar-refractivity contribution in [2.75, 3.05) is 0 Å². The molecule has 2 aromatic rings. The molecule has 0 saturated heterocycles. The molecular weight excluding hydrogens is 334 g/mol. The van der Waals surface area contributed by atoms with E-state index in [0.717, 1.165) is 8.66 Å². The van der Waals surface area contributed by atoms with Crippen LogP contribution in [0.15, 0.2) is 20.3 Å². The Labute approximate surface area is 122 Å². The molecule has 0 amide bonds. The van der Waals surface area contributed by atoms with Crippen LogP contribution in [-0.4, -0.2) is 26.8 Å². The van der Waals surface area contributed by atoms with E-state index in [4.69, 9.17) is 9.52 Å². The molecule has 0 unspecified atom stereocenters. The molecule has 0 aliphatic rings. The van der Waals surface area contributed by atoms with Crippen molar-refractivity contribution in [3.05, 3.63) is 21.8 Å². The molecule has 2 heterocycles. The van der Waals surface area contributed by atoms with Crippen molar-refractivity contribution in [1.82, 2.24) is 15.5 Å². The highest BCUT2D eigenvalue weighted by Gasteiger charge is 2.26. The lowest BCUT2D eigenvalue weighted by atomic mass is 10.1. The first-order valence-electron chi connectivity index (χ1n) is 5.45. The fourth-order valence-corrected chi connectivity index (χ4v) is 2.53. The molecule has 0 aliphatic carbocycles. The molecule has 6 nitrogen and oxygen atoms in total. The molecule has 8 heteroatoms. The summed E-state index contributed by atoms with van der Waals surface area (Å²) in [6, 6.07) is 3.77. The Kier molecular flexibility index (Phi) is 4.02. The van der Waals surface area contributed by atoms with E-state index in [-0.39, 0.29) is 6.54 Å². The zero-order valence-corrected chi connectivity index (χ0v) is 12.7. The van der Waals surface area contributed by atoms with Crippen LogP contribution < -0.4 is 5.32 Å². The standard InChI is InChI=1S/C11H12BrN3O3S/c1-11(2,10(16)17)13-5-8-14-15-9(18-8)6-3-4-7(12)19-6/h3-4,13H,5H2,1-2H3,(H,16,17). The van der Waals surface area contributed by atoms with Crippen LogP contribution in [0.3, 0.4) is 0 Å². The number of carbonyl (C=O) groups is 1. The first-order chi connectivity index (χ1) is 8.88. The highest BCUT2D eigenvalue weighted by Crippen LogP contribution is 2.30. The largest absolute Gasteiger partial charge is 0.480 e. The molecule has 0 aliphatic heterocycles. The van der Waals surface area contributed by atoms with Gasteiger partial charge < -0.3 is 9.52 Å². The summed E-state index contributed by atoms with van der Waals surface area (Å²) in [6.45, 7) is 3.35. The summed E-state index contributed by atoms with van der Waals surface area (Å²) in [6.07, 6.45) is 0. The molecule has 2 rings (SSSR count). The van der Waals surface area contributed by atoms with Crippen LogP contribution in [-0.2, 0) is 11.3 Å². The third-order valence-electron chi connectivity index (χ3n) is 2.47. The maximum atomic E-state index is 10.9. The van der Waals surface area contributed by atoms with Gasteiger partial charge in [-0.2, -0.15) is 0 Å². The zero-order chi connectivity index (χ0) is 14.0. The van der Waals surface area contributed by atoms with E-state index in [1.54, 1.807) is 13.8 Å². The summed E-state index contributed by atoms with van der Waals surface area (Å²) >= 11 is 4.85. The van der Waals surface area contributed by atoms with E-state index >= 15 is 0 Å². The molecular formula is C11H12BrN3O3S. The highest BCUT2D eigenvalue weighted by atomic mass is 79.9. The van der Waals surface area contributed by atoms with Gasteiger partial charge in [0.15, 0.2) is 0 Å². The van der Waals surface area contributed by atoms with E-state index in [9.17, 15) is 4.79 Å². The molecule has 0 bridgehead atoms. The molecule has 2 N–H and O–H groups in total. The van der Waals surface area contributed by atoms with Gasteiger partial charge in [-0.05, 0) is 41.9 Å². The van der Waals surface area contributed by atoms with Crippen LogP contribution >= 0.6 is 27.3 Å². The number of hydrogen-bond donors (Lipinski definition) is 2. The molecule has 0 radical (unpaired) electrons. The Hall–Kier alpha value is -1.25. The van der Waals surface area contributed by atoms with E-state index in [1.165, 1.54) is 11.3 Å². The van der Waals surface area contributed by atoms with E-state index in [2.05, 4.69) is 31.4 Å². The Morgan fingerprint density at radius 3 is 2.84 bits per heavy atom. The number of thiophene rings is 1. The maximum absolute atomic E-state index is 10.9. The Morgan fingerprint density at radius 2 is 2.26 bits per heavy atom. The molecule has 102 valence electrons. The predicted octanol–water partition coefficient (Wildman–Crippen LogP) is 2.51. The summed E-state index contributed by atoms with van der Waals surface area (Å²) in [5, 5.41) is 19.6. The second-order valence-electron chi connectivity index (χ2n) is 4.39. The highest BCUT2D eigenvalue weighted by molar-refractivity contribution is 9.11. The number of halogens is 1. The fraction of sp³-hybridized carbons (Fsp3) is 0.364. The van der Waals surface area contributed by atoms with Gasteiger partial charge in [-0.15, -0.1) is 21.5 Å². The van der Waals surface area contributed by atoms with Crippen molar-refractivity contribution in [1.29, 1.82) is 0 Å². The molecule has 0 fully saturated rings. The maximum Gasteiger partial charge on any atom is 0.323 e. The molecule has 2 aromatic heterocycles. The van der Waals surface area contributed by atoms with Crippen LogP contribution in [0.4, 0.5) is 0 Å². The SMILES string of the molecule is CC(C)(NCc1nnc(-c2ccc(Br)s2)o1)C(=O)O. The minimum absolute atomic E-state index is 0.207. The summed E-state index contributed by atoms with van der Waals surface area (Å²) in [5.41, 5.74) is -1.04. The van der Waals surface area contributed by atoms with Crippen molar-refractivity contribution >= 4 is 33.2 Å². The van der Waals surface area contributed by atoms with Crippen LogP contribution in [0.1, 0.15) is 19.7 Å². The Balaban J connectivity index is 2.04. The van der Waals surface area contributed by atoms with Crippen molar-refractivity contribution in [2.45, 2.75) is 25.9 Å². The smallest absolute Gasteiger partial charge is 0.323 e. The number of aromatic nitrogens is 2. The summed E-state index contributed by atoms with van der Waals surface area (Å²) in [4.78, 5) is 11.8. The Morgan fingerprint density at radius 1 is 1.53 bits per heavy atom. The topological polar surface area (TPSA) is 88.3 Å². The second kappa shape index (κ2) is 5.40. The van der Waals surface area contributed by atoms with Crippen molar-refractivity contribution in [2.24, 2.45) is 0 Å². The van der Waals surface area contributed by atoms with Gasteiger partial charge in [0.1, 0.15) is 5.54 Å². The lowest BCUT2D eigenvalue weighted by Gasteiger charge is -2.19. The minimum atomic E-state index is -1.04. The van der Waals surface area contributed by atoms with E-state index < -0.39 is 11.5 Å². The molecule has 0 aromatic carbocycles. The number of rotatable bonds is 5. The quantitative estimate of drug-likeness (QED) is 0.865. The molecule has 0 spiro atoms. The number of nitrogens with zero attached hydrogens (tertiary/aromatic N) is 2. The Bertz CT molecular complexity index is 594. The number of nitrogens with one attached hydrogen (secondary N) is 1. The fourth-order valence-electron chi connectivity index (χ4n) is 1.23. The minimum Gasteiger partial charge on any atom is -0.480 e. The van der Waals surface area contributed by atoms with Gasteiger partial charge >= 0.3 is 5.97 Å². The van der Waals surface area contributed by atoms with Crippen LogP contribution in [0.2, 0.25) is 0 Å². The van der Waals surface area contributed by atoms with Gasteiger partial charge in [-0.25, -0.2) is 0 Å². The summed E-state index contributed by atoms with van der Waals surface area (Å²) in [7, 11) is 0. The van der Waals surface area contributed by atoms with Crippen molar-refractivity contribution in [3.8, 4) is 10.8 Å². The van der Waals surface area contributed by atoms with Crippen molar-refractivity contribution < 1.29 is 14.3 Å². The normalized spacial score (nSPS) is 11.7. The van der Waals surface area contributed by atoms with Gasteiger partial charge in [0, 0.05) is 0 Å². The van der Waals surface area contributed by atoms with Gasteiger partial charge in [0.25, 0.3) is 5.89 Å². The average molecular weight is 346 g/mol. The third kappa shape index (κ3) is 3.40. The predicted molar refractivity (Wildman–Crippen MR) is 73.9 cm³/mol. The number of aliphatic carboxylic acids is 1. The monoisotopic (exact) mass is 345 g/mol. The average Bonchev–Trinajstić information content (AvgIpc) is 2.94. The first kappa shape index (κ1) is 14.2. The van der Waals surface area contributed by atoms with Crippen LogP contribution in [0.5, 0.6) is 0 Å². The summed E-state index contributed by atoms with van der Waals surface area (Å²) < 4.78 is 6.45.